The summed E-state index contributed by atoms with van der Waals surface area (Å²) in [6.45, 7) is 3.37. The van der Waals surface area contributed by atoms with Gasteiger partial charge in [-0.1, -0.05) is 71.7 Å². The summed E-state index contributed by atoms with van der Waals surface area (Å²) in [5, 5.41) is 0.721. The summed E-state index contributed by atoms with van der Waals surface area (Å²) >= 11 is 12.1. The highest BCUT2D eigenvalue weighted by Crippen LogP contribution is 2.34. The number of carbonyl (C=O) groups is 1. The molecular weight excluding hydrogens is 651 g/mol. The summed E-state index contributed by atoms with van der Waals surface area (Å²) in [6.07, 6.45) is 0. The maximum atomic E-state index is 14.4. The molecule has 9 nitrogen and oxygen atoms in total. The zero-order valence-electron chi connectivity index (χ0n) is 26.7. The van der Waals surface area contributed by atoms with E-state index in [1.807, 2.05) is 88.6 Å². The van der Waals surface area contributed by atoms with Crippen LogP contribution in [0.25, 0.3) is 11.4 Å². The summed E-state index contributed by atoms with van der Waals surface area (Å²) in [5.74, 6) is -0.807. The third-order valence-corrected chi connectivity index (χ3v) is 8.99. The molecular formula is C37H32Cl2N4O5. The average Bonchev–Trinajstić information content (AvgIpc) is 3.44. The van der Waals surface area contributed by atoms with Crippen LogP contribution in [-0.2, 0) is 18.9 Å². The zero-order chi connectivity index (χ0) is 34.1. The summed E-state index contributed by atoms with van der Waals surface area (Å²) in [7, 11) is 3.65. The van der Waals surface area contributed by atoms with Crippen LogP contribution < -0.4 is 20.6 Å². The lowest BCUT2D eigenvalue weighted by Gasteiger charge is -2.17. The minimum Gasteiger partial charge on any atom is -0.480 e. The van der Waals surface area contributed by atoms with Gasteiger partial charge < -0.3 is 9.47 Å². The number of aromatic nitrogens is 4. The van der Waals surface area contributed by atoms with E-state index in [-0.39, 0.29) is 28.5 Å². The molecule has 48 heavy (non-hydrogen) atoms. The van der Waals surface area contributed by atoms with Crippen LogP contribution in [-0.4, -0.2) is 31.3 Å². The van der Waals surface area contributed by atoms with Crippen LogP contribution in [0.1, 0.15) is 34.0 Å². The molecule has 6 rings (SSSR count). The van der Waals surface area contributed by atoms with Crippen molar-refractivity contribution in [2.24, 2.45) is 14.1 Å². The number of para-hydroxylation sites is 2. The van der Waals surface area contributed by atoms with Crippen LogP contribution in [0.15, 0.2) is 113 Å². The highest BCUT2D eigenvalue weighted by molar-refractivity contribution is 6.35. The Morgan fingerprint density at radius 1 is 0.708 bits per heavy atom. The molecule has 0 amide bonds. The molecule has 0 radical (unpaired) electrons. The Bertz CT molecular complexity index is 2130. The minimum absolute atomic E-state index is 0.242. The predicted molar refractivity (Wildman–Crippen MR) is 186 cm³/mol. The first-order valence-electron chi connectivity index (χ1n) is 15.1. The molecule has 2 heterocycles. The number of carbonyl (C=O) groups excluding carboxylic acids is 1. The van der Waals surface area contributed by atoms with Crippen LogP contribution >= 0.6 is 23.2 Å². The number of rotatable bonds is 9. The number of esters is 1. The molecule has 0 saturated heterocycles. The Labute approximate surface area is 286 Å². The lowest BCUT2D eigenvalue weighted by atomic mass is 9.85. The Morgan fingerprint density at radius 3 is 1.69 bits per heavy atom. The molecule has 0 fully saturated rings. The Kier molecular flexibility index (Phi) is 9.17. The van der Waals surface area contributed by atoms with Crippen molar-refractivity contribution in [3.63, 3.8) is 0 Å². The fraction of sp³-hybridized carbons (Fsp3) is 0.162. The molecule has 244 valence electrons. The first-order chi connectivity index (χ1) is 23.1. The van der Waals surface area contributed by atoms with Gasteiger partial charge in [0.15, 0.2) is 6.61 Å². The van der Waals surface area contributed by atoms with E-state index in [0.717, 1.165) is 0 Å². The molecule has 0 bridgehead atoms. The number of hydrogen-bond donors (Lipinski definition) is 0. The van der Waals surface area contributed by atoms with Crippen molar-refractivity contribution in [1.29, 1.82) is 0 Å². The molecule has 0 aliphatic heterocycles. The standard InChI is InChI=1S/C37H32Cl2N4O5/c1-23-33(36(45)42(40(23)3)27-11-7-5-8-12-27)35(34-24(2)41(4)43(37(34)46)28-13-9-6-10-14-28)25-15-18-29(19-16-25)48-32(44)22-47-31-20-17-26(38)21-30(31)39/h5-21,35H,22H2,1-4H3. The van der Waals surface area contributed by atoms with E-state index >= 15 is 0 Å². The smallest absolute Gasteiger partial charge is 0.349 e. The van der Waals surface area contributed by atoms with Gasteiger partial charge in [0.05, 0.1) is 27.5 Å². The third-order valence-electron chi connectivity index (χ3n) is 8.46. The summed E-state index contributed by atoms with van der Waals surface area (Å²) < 4.78 is 17.9. The van der Waals surface area contributed by atoms with Crippen molar-refractivity contribution < 1.29 is 14.3 Å². The Morgan fingerprint density at radius 2 is 1.21 bits per heavy atom. The predicted octanol–water partition coefficient (Wildman–Crippen LogP) is 6.75. The van der Waals surface area contributed by atoms with Gasteiger partial charge in [0.25, 0.3) is 11.1 Å². The second-order valence-corrected chi connectivity index (χ2v) is 12.1. The van der Waals surface area contributed by atoms with Gasteiger partial charge in [-0.25, -0.2) is 14.2 Å². The van der Waals surface area contributed by atoms with Crippen LogP contribution in [0.2, 0.25) is 10.0 Å². The second kappa shape index (κ2) is 13.5. The SMILES string of the molecule is Cc1c(C(c2ccc(OC(=O)COc3ccc(Cl)cc3Cl)cc2)c2c(C)n(C)n(-c3ccccc3)c2=O)c(=O)n(-c2ccccc2)n1C. The van der Waals surface area contributed by atoms with Gasteiger partial charge in [-0.15, -0.1) is 0 Å². The van der Waals surface area contributed by atoms with E-state index in [9.17, 15) is 14.4 Å². The molecule has 0 N–H and O–H groups in total. The van der Waals surface area contributed by atoms with Crippen molar-refractivity contribution >= 4 is 29.2 Å². The lowest BCUT2D eigenvalue weighted by Crippen LogP contribution is -2.26. The number of benzene rings is 4. The van der Waals surface area contributed by atoms with Crippen molar-refractivity contribution in [1.82, 2.24) is 18.7 Å². The monoisotopic (exact) mass is 682 g/mol. The highest BCUT2D eigenvalue weighted by Gasteiger charge is 2.33. The fourth-order valence-corrected chi connectivity index (χ4v) is 6.40. The Hall–Kier alpha value is -5.25. The minimum atomic E-state index is -0.738. The zero-order valence-corrected chi connectivity index (χ0v) is 28.2. The quantitative estimate of drug-likeness (QED) is 0.124. The second-order valence-electron chi connectivity index (χ2n) is 11.3. The molecule has 11 heteroatoms. The molecule has 0 aliphatic rings. The van der Waals surface area contributed by atoms with Crippen LogP contribution in [0.3, 0.4) is 0 Å². The van der Waals surface area contributed by atoms with Gasteiger partial charge in [0.1, 0.15) is 11.5 Å². The van der Waals surface area contributed by atoms with Crippen molar-refractivity contribution in [2.45, 2.75) is 19.8 Å². The van der Waals surface area contributed by atoms with Gasteiger partial charge >= 0.3 is 5.97 Å². The van der Waals surface area contributed by atoms with E-state index in [1.165, 1.54) is 6.07 Å². The van der Waals surface area contributed by atoms with Crippen LogP contribution in [0.5, 0.6) is 11.5 Å². The highest BCUT2D eigenvalue weighted by atomic mass is 35.5. The van der Waals surface area contributed by atoms with Gasteiger partial charge in [0, 0.05) is 36.4 Å². The number of ether oxygens (including phenoxy) is 2. The summed E-state index contributed by atoms with van der Waals surface area (Å²) in [6, 6.07) is 30.2. The maximum absolute atomic E-state index is 14.4. The van der Waals surface area contributed by atoms with E-state index in [2.05, 4.69) is 0 Å². The summed E-state index contributed by atoms with van der Waals surface area (Å²) in [4.78, 5) is 41.4. The average molecular weight is 684 g/mol. The molecule has 4 aromatic carbocycles. The topological polar surface area (TPSA) is 89.4 Å². The molecule has 0 aliphatic carbocycles. The largest absolute Gasteiger partial charge is 0.480 e. The maximum Gasteiger partial charge on any atom is 0.349 e. The summed E-state index contributed by atoms with van der Waals surface area (Å²) in [5.41, 5.74) is 3.93. The molecule has 0 unspecified atom stereocenters. The number of nitrogens with zero attached hydrogens (tertiary/aromatic N) is 4. The molecule has 0 spiro atoms. The van der Waals surface area contributed by atoms with Gasteiger partial charge in [-0.3, -0.25) is 19.0 Å². The van der Waals surface area contributed by atoms with Gasteiger partial charge in [-0.05, 0) is 74.0 Å². The van der Waals surface area contributed by atoms with Crippen LogP contribution in [0, 0.1) is 13.8 Å². The molecule has 0 saturated carbocycles. The first kappa shape index (κ1) is 32.7. The number of halogens is 2. The van der Waals surface area contributed by atoms with Crippen molar-refractivity contribution in [3.8, 4) is 22.9 Å². The first-order valence-corrected chi connectivity index (χ1v) is 15.9. The normalized spacial score (nSPS) is 11.2. The van der Waals surface area contributed by atoms with E-state index in [4.69, 9.17) is 32.7 Å². The lowest BCUT2D eigenvalue weighted by molar-refractivity contribution is -0.136. The van der Waals surface area contributed by atoms with Gasteiger partial charge in [-0.2, -0.15) is 0 Å². The fourth-order valence-electron chi connectivity index (χ4n) is 5.94. The van der Waals surface area contributed by atoms with Crippen LogP contribution in [0.4, 0.5) is 0 Å². The van der Waals surface area contributed by atoms with E-state index < -0.39 is 11.9 Å². The van der Waals surface area contributed by atoms with E-state index in [1.54, 1.807) is 55.1 Å². The third kappa shape index (κ3) is 6.10. The van der Waals surface area contributed by atoms with Gasteiger partial charge in [0.2, 0.25) is 0 Å². The van der Waals surface area contributed by atoms with E-state index in [0.29, 0.717) is 50.2 Å². The Balaban J connectivity index is 1.41. The van der Waals surface area contributed by atoms with Crippen molar-refractivity contribution in [3.05, 3.63) is 162 Å². The molecule has 0 atom stereocenters. The molecule has 2 aromatic heterocycles. The van der Waals surface area contributed by atoms with Crippen molar-refractivity contribution in [2.75, 3.05) is 6.61 Å². The number of hydrogen-bond acceptors (Lipinski definition) is 5. The molecule has 6 aromatic rings.